The molecule has 0 rings (SSSR count). The van der Waals surface area contributed by atoms with Crippen LogP contribution in [0, 0.1) is 11.3 Å². The smallest absolute Gasteiger partial charge is 0.326 e. The Morgan fingerprint density at radius 2 is 1.67 bits per heavy atom. The molecule has 3 amide bonds. The van der Waals surface area contributed by atoms with Gasteiger partial charge in [-0.15, -0.1) is 0 Å². The summed E-state index contributed by atoms with van der Waals surface area (Å²) in [6.07, 6.45) is 0.160. The Bertz CT molecular complexity index is 375. The highest BCUT2D eigenvalue weighted by molar-refractivity contribution is 5.83. The number of aliphatic carboxylic acids is 1. The summed E-state index contributed by atoms with van der Waals surface area (Å²) in [5.41, 5.74) is -0.599. The van der Waals surface area contributed by atoms with Gasteiger partial charge in [0.25, 0.3) is 0 Å². The van der Waals surface area contributed by atoms with E-state index in [2.05, 4.69) is 16.0 Å². The maximum absolute atomic E-state index is 11.6. The van der Waals surface area contributed by atoms with Crippen LogP contribution in [0.2, 0.25) is 0 Å². The molecule has 0 heterocycles. The van der Waals surface area contributed by atoms with Gasteiger partial charge in [0.2, 0.25) is 5.91 Å². The Balaban J connectivity index is 4.10. The van der Waals surface area contributed by atoms with E-state index in [4.69, 9.17) is 5.11 Å². The van der Waals surface area contributed by atoms with Gasteiger partial charge in [0, 0.05) is 19.5 Å². The topological polar surface area (TPSA) is 108 Å². The van der Waals surface area contributed by atoms with Crippen molar-refractivity contribution in [1.82, 2.24) is 16.0 Å². The summed E-state index contributed by atoms with van der Waals surface area (Å²) in [4.78, 5) is 34.2. The average molecular weight is 301 g/mol. The van der Waals surface area contributed by atoms with Crippen molar-refractivity contribution in [1.29, 1.82) is 0 Å². The summed E-state index contributed by atoms with van der Waals surface area (Å²) in [5.74, 6) is -0.866. The first-order valence-electron chi connectivity index (χ1n) is 7.08. The molecule has 0 saturated heterocycles. The second kappa shape index (κ2) is 8.49. The van der Waals surface area contributed by atoms with Gasteiger partial charge in [-0.1, -0.05) is 34.6 Å². The number of hydrogen-bond donors (Lipinski definition) is 4. The van der Waals surface area contributed by atoms with E-state index >= 15 is 0 Å². The Kier molecular flexibility index (Phi) is 7.76. The predicted octanol–water partition coefficient (Wildman–Crippen LogP) is 0.947. The van der Waals surface area contributed by atoms with Crippen LogP contribution >= 0.6 is 0 Å². The Hall–Kier alpha value is -1.79. The second-order valence-corrected chi connectivity index (χ2v) is 6.49. The summed E-state index contributed by atoms with van der Waals surface area (Å²) in [7, 11) is 0. The number of amides is 3. The predicted molar refractivity (Wildman–Crippen MR) is 79.9 cm³/mol. The molecule has 0 bridgehead atoms. The third-order valence-corrected chi connectivity index (χ3v) is 2.73. The molecule has 0 aliphatic carbocycles. The highest BCUT2D eigenvalue weighted by atomic mass is 16.4. The quantitative estimate of drug-likeness (QED) is 0.561. The van der Waals surface area contributed by atoms with Gasteiger partial charge in [0.05, 0.1) is 0 Å². The van der Waals surface area contributed by atoms with Gasteiger partial charge in [-0.05, 0) is 11.3 Å². The molecule has 0 saturated carbocycles. The van der Waals surface area contributed by atoms with E-state index in [1.54, 1.807) is 20.8 Å². The van der Waals surface area contributed by atoms with Crippen molar-refractivity contribution >= 4 is 17.9 Å². The molecule has 0 aromatic heterocycles. The van der Waals surface area contributed by atoms with Gasteiger partial charge in [-0.25, -0.2) is 9.59 Å². The monoisotopic (exact) mass is 301 g/mol. The first-order chi connectivity index (χ1) is 9.54. The van der Waals surface area contributed by atoms with Crippen molar-refractivity contribution in [3.63, 3.8) is 0 Å². The molecule has 122 valence electrons. The van der Waals surface area contributed by atoms with Crippen molar-refractivity contribution in [2.24, 2.45) is 11.3 Å². The van der Waals surface area contributed by atoms with Gasteiger partial charge < -0.3 is 21.1 Å². The number of carboxylic acids is 1. The minimum absolute atomic E-state index is 0.144. The zero-order valence-corrected chi connectivity index (χ0v) is 13.4. The molecule has 0 radical (unpaired) electrons. The molecular weight excluding hydrogens is 274 g/mol. The molecule has 21 heavy (non-hydrogen) atoms. The molecule has 0 fully saturated rings. The lowest BCUT2D eigenvalue weighted by Crippen LogP contribution is -2.52. The zero-order chi connectivity index (χ0) is 16.6. The van der Waals surface area contributed by atoms with Crippen molar-refractivity contribution in [2.75, 3.05) is 13.1 Å². The minimum atomic E-state index is -1.09. The Morgan fingerprint density at radius 1 is 1.10 bits per heavy atom. The molecule has 0 aromatic rings. The largest absolute Gasteiger partial charge is 0.480 e. The fourth-order valence-corrected chi connectivity index (χ4v) is 1.53. The van der Waals surface area contributed by atoms with E-state index in [0.717, 1.165) is 0 Å². The summed E-state index contributed by atoms with van der Waals surface area (Å²) < 4.78 is 0. The number of hydrogen-bond acceptors (Lipinski definition) is 3. The van der Waals surface area contributed by atoms with Crippen LogP contribution in [0.3, 0.4) is 0 Å². The molecule has 4 N–H and O–H groups in total. The third kappa shape index (κ3) is 8.88. The highest BCUT2D eigenvalue weighted by Gasteiger charge is 2.32. The maximum Gasteiger partial charge on any atom is 0.326 e. The van der Waals surface area contributed by atoms with E-state index in [1.165, 1.54) is 0 Å². The van der Waals surface area contributed by atoms with E-state index in [1.807, 2.05) is 13.8 Å². The van der Waals surface area contributed by atoms with Crippen LogP contribution < -0.4 is 16.0 Å². The second-order valence-electron chi connectivity index (χ2n) is 6.49. The average Bonchev–Trinajstić information content (AvgIpc) is 2.31. The first-order valence-corrected chi connectivity index (χ1v) is 7.08. The summed E-state index contributed by atoms with van der Waals surface area (Å²) in [6, 6.07) is -1.58. The molecule has 0 aliphatic rings. The van der Waals surface area contributed by atoms with Crippen molar-refractivity contribution < 1.29 is 19.5 Å². The van der Waals surface area contributed by atoms with Crippen molar-refractivity contribution in [3.8, 4) is 0 Å². The third-order valence-electron chi connectivity index (χ3n) is 2.73. The van der Waals surface area contributed by atoms with Gasteiger partial charge >= 0.3 is 12.0 Å². The van der Waals surface area contributed by atoms with Crippen LogP contribution in [0.5, 0.6) is 0 Å². The van der Waals surface area contributed by atoms with E-state index < -0.39 is 23.5 Å². The van der Waals surface area contributed by atoms with Crippen molar-refractivity contribution in [3.05, 3.63) is 0 Å². The molecular formula is C14H27N3O4. The summed E-state index contributed by atoms with van der Waals surface area (Å²) in [5, 5.41) is 16.7. The molecule has 1 atom stereocenters. The first kappa shape index (κ1) is 19.2. The molecule has 7 nitrogen and oxygen atoms in total. The molecule has 0 spiro atoms. The zero-order valence-electron chi connectivity index (χ0n) is 13.4. The summed E-state index contributed by atoms with van der Waals surface area (Å²) >= 11 is 0. The van der Waals surface area contributed by atoms with Gasteiger partial charge in [-0.2, -0.15) is 0 Å². The Morgan fingerprint density at radius 3 is 2.10 bits per heavy atom. The number of carboxylic acid groups (broad SMARTS) is 1. The van der Waals surface area contributed by atoms with Crippen LogP contribution in [0.1, 0.15) is 41.0 Å². The normalized spacial score (nSPS) is 12.7. The van der Waals surface area contributed by atoms with Crippen LogP contribution in [0.4, 0.5) is 4.79 Å². The van der Waals surface area contributed by atoms with Crippen LogP contribution in [-0.2, 0) is 9.59 Å². The fraction of sp³-hybridized carbons (Fsp3) is 0.786. The summed E-state index contributed by atoms with van der Waals surface area (Å²) in [6.45, 7) is 9.92. The standard InChI is InChI=1S/C14H27N3O4/c1-9(2)8-16-10(18)6-7-15-13(21)17-11(12(19)20)14(3,4)5/h9,11H,6-8H2,1-5H3,(H,16,18)(H,19,20)(H2,15,17,21). The van der Waals surface area contributed by atoms with Gasteiger partial charge in [0.1, 0.15) is 6.04 Å². The van der Waals surface area contributed by atoms with Crippen LogP contribution in [0.25, 0.3) is 0 Å². The molecule has 7 heteroatoms. The van der Waals surface area contributed by atoms with E-state index in [9.17, 15) is 14.4 Å². The Labute approximate surface area is 125 Å². The van der Waals surface area contributed by atoms with E-state index in [-0.39, 0.29) is 18.9 Å². The van der Waals surface area contributed by atoms with E-state index in [0.29, 0.717) is 12.5 Å². The minimum Gasteiger partial charge on any atom is -0.480 e. The highest BCUT2D eigenvalue weighted by Crippen LogP contribution is 2.19. The number of nitrogens with one attached hydrogen (secondary N) is 3. The number of carbonyl (C=O) groups is 3. The maximum atomic E-state index is 11.6. The molecule has 0 aromatic carbocycles. The fourth-order valence-electron chi connectivity index (χ4n) is 1.53. The number of rotatable bonds is 7. The molecule has 0 aliphatic heterocycles. The lowest BCUT2D eigenvalue weighted by atomic mass is 9.87. The van der Waals surface area contributed by atoms with Crippen LogP contribution in [0.15, 0.2) is 0 Å². The number of carbonyl (C=O) groups excluding carboxylic acids is 2. The van der Waals surface area contributed by atoms with Crippen molar-refractivity contribution in [2.45, 2.75) is 47.1 Å². The SMILES string of the molecule is CC(C)CNC(=O)CCNC(=O)NC(C(=O)O)C(C)(C)C. The van der Waals surface area contributed by atoms with Gasteiger partial charge in [0.15, 0.2) is 0 Å². The number of urea groups is 1. The van der Waals surface area contributed by atoms with Gasteiger partial charge in [-0.3, -0.25) is 4.79 Å². The lowest BCUT2D eigenvalue weighted by Gasteiger charge is -2.27. The molecule has 1 unspecified atom stereocenters. The lowest BCUT2D eigenvalue weighted by molar-refractivity contribution is -0.141. The van der Waals surface area contributed by atoms with Crippen LogP contribution in [-0.4, -0.2) is 42.1 Å².